The highest BCUT2D eigenvalue weighted by Gasteiger charge is 2.37. The molecule has 11 rings (SSSR count). The van der Waals surface area contributed by atoms with Crippen molar-refractivity contribution in [3.8, 4) is 78.4 Å². The minimum absolute atomic E-state index is 0.137. The molecule has 9 aromatic carbocycles. The van der Waals surface area contributed by atoms with Crippen LogP contribution in [0.25, 0.3) is 100.0 Å². The summed E-state index contributed by atoms with van der Waals surface area (Å²) in [4.78, 5) is 10.4. The van der Waals surface area contributed by atoms with Crippen molar-refractivity contribution < 1.29 is 0 Å². The first-order chi connectivity index (χ1) is 29.0. The summed E-state index contributed by atoms with van der Waals surface area (Å²) in [5.74, 6) is 0.708. The lowest BCUT2D eigenvalue weighted by Gasteiger charge is -2.25. The van der Waals surface area contributed by atoms with E-state index in [2.05, 4.69) is 202 Å². The Morgan fingerprint density at radius 1 is 0.322 bits per heavy atom. The third kappa shape index (κ3) is 5.96. The molecule has 0 radical (unpaired) electrons. The molecule has 1 aliphatic carbocycles. The first-order valence-corrected chi connectivity index (χ1v) is 20.4. The van der Waals surface area contributed by atoms with Gasteiger partial charge in [0.1, 0.15) is 0 Å². The summed E-state index contributed by atoms with van der Waals surface area (Å²) in [7, 11) is 0. The van der Waals surface area contributed by atoms with Crippen LogP contribution in [-0.2, 0) is 5.41 Å². The van der Waals surface area contributed by atoms with Crippen molar-refractivity contribution in [2.24, 2.45) is 0 Å². The van der Waals surface area contributed by atoms with Crippen LogP contribution in [0, 0.1) is 0 Å². The van der Waals surface area contributed by atoms with E-state index in [0.717, 1.165) is 33.5 Å². The van der Waals surface area contributed by atoms with Crippen LogP contribution < -0.4 is 0 Å². The van der Waals surface area contributed by atoms with E-state index in [9.17, 15) is 0 Å². The summed E-state index contributed by atoms with van der Waals surface area (Å²) in [6.07, 6.45) is 0. The molecule has 0 saturated heterocycles. The van der Waals surface area contributed by atoms with Crippen molar-refractivity contribution in [3.05, 3.63) is 217 Å². The highest BCUT2D eigenvalue weighted by Crippen LogP contribution is 2.52. The number of hydrogen-bond donors (Lipinski definition) is 0. The van der Waals surface area contributed by atoms with E-state index in [1.165, 1.54) is 71.8 Å². The summed E-state index contributed by atoms with van der Waals surface area (Å²) in [6.45, 7) is 4.74. The molecule has 0 saturated carbocycles. The molecule has 2 heteroatoms. The van der Waals surface area contributed by atoms with Crippen LogP contribution in [0.3, 0.4) is 0 Å². The number of aromatic nitrogens is 2. The minimum Gasteiger partial charge on any atom is -0.228 e. The van der Waals surface area contributed by atoms with E-state index in [4.69, 9.17) is 9.97 Å². The van der Waals surface area contributed by atoms with Gasteiger partial charge in [-0.05, 0) is 108 Å². The Labute approximate surface area is 345 Å². The molecule has 1 aliphatic rings. The number of rotatable bonds is 6. The second-order valence-electron chi connectivity index (χ2n) is 16.2. The molecule has 0 spiro atoms. The van der Waals surface area contributed by atoms with Gasteiger partial charge in [-0.1, -0.05) is 190 Å². The molecule has 0 bridgehead atoms. The molecule has 1 aromatic heterocycles. The van der Waals surface area contributed by atoms with Gasteiger partial charge >= 0.3 is 0 Å². The van der Waals surface area contributed by atoms with Crippen molar-refractivity contribution in [1.82, 2.24) is 9.97 Å². The molecule has 0 fully saturated rings. The fraction of sp³-hybridized carbons (Fsp3) is 0.0526. The third-order valence-electron chi connectivity index (χ3n) is 12.2. The Bertz CT molecular complexity index is 3230. The first-order valence-electron chi connectivity index (χ1n) is 20.4. The van der Waals surface area contributed by atoms with Crippen LogP contribution in [0.1, 0.15) is 25.0 Å². The topological polar surface area (TPSA) is 25.8 Å². The lowest BCUT2D eigenvalue weighted by molar-refractivity contribution is 0.662. The van der Waals surface area contributed by atoms with E-state index >= 15 is 0 Å². The Balaban J connectivity index is 1.11. The predicted octanol–water partition coefficient (Wildman–Crippen LogP) is 15.1. The zero-order valence-corrected chi connectivity index (χ0v) is 33.0. The number of nitrogens with zero attached hydrogens (tertiary/aromatic N) is 2. The maximum absolute atomic E-state index is 5.27. The van der Waals surface area contributed by atoms with Gasteiger partial charge < -0.3 is 0 Å². The van der Waals surface area contributed by atoms with Gasteiger partial charge in [-0.25, -0.2) is 9.97 Å². The van der Waals surface area contributed by atoms with Crippen molar-refractivity contribution in [1.29, 1.82) is 0 Å². The highest BCUT2D eigenvalue weighted by atomic mass is 14.9. The average Bonchev–Trinajstić information content (AvgIpc) is 3.54. The van der Waals surface area contributed by atoms with Gasteiger partial charge in [0, 0.05) is 22.1 Å². The lowest BCUT2D eigenvalue weighted by Crippen LogP contribution is -2.16. The fourth-order valence-electron chi connectivity index (χ4n) is 9.40. The summed E-state index contributed by atoms with van der Waals surface area (Å²) in [6, 6.07) is 74.5. The SMILES string of the molecule is CC1(C)c2ccccc2-c2cccc(-c3cc(-c4ccccc4)cc(-c4ccc(-c5cc(-c6ccc7ccccc7c6)nc(-c6ccccc6)n5)c5ccccc45)c3)c21. The fourth-order valence-corrected chi connectivity index (χ4v) is 9.40. The average molecular weight is 753 g/mol. The zero-order valence-electron chi connectivity index (χ0n) is 33.0. The van der Waals surface area contributed by atoms with Crippen LogP contribution in [0.4, 0.5) is 0 Å². The quantitative estimate of drug-likeness (QED) is 0.169. The Hall–Kier alpha value is -7.42. The van der Waals surface area contributed by atoms with Gasteiger partial charge in [0.05, 0.1) is 11.4 Å². The number of benzene rings is 9. The van der Waals surface area contributed by atoms with Crippen molar-refractivity contribution in [3.63, 3.8) is 0 Å². The standard InChI is InChI=1S/C57H40N2/c1-57(2)52-27-14-13-24-49(52)51-26-15-25-46(55(51)57)44-34-42(37-16-5-3-6-17-37)33-43(35-44)45-30-31-50(48-23-12-11-22-47(45)48)54-36-53(58-56(59-54)39-19-7-4-8-20-39)41-29-28-38-18-9-10-21-40(38)32-41/h3-36H,1-2H3. The monoisotopic (exact) mass is 752 g/mol. The highest BCUT2D eigenvalue weighted by molar-refractivity contribution is 6.06. The second kappa shape index (κ2) is 13.9. The predicted molar refractivity (Wildman–Crippen MR) is 247 cm³/mol. The maximum atomic E-state index is 5.27. The molecule has 0 unspecified atom stereocenters. The molecule has 0 aliphatic heterocycles. The molecule has 0 amide bonds. The van der Waals surface area contributed by atoms with Gasteiger partial charge in [0.25, 0.3) is 0 Å². The molecular weight excluding hydrogens is 713 g/mol. The summed E-state index contributed by atoms with van der Waals surface area (Å²) < 4.78 is 0. The van der Waals surface area contributed by atoms with Gasteiger partial charge in [0.2, 0.25) is 0 Å². The van der Waals surface area contributed by atoms with Gasteiger partial charge in [-0.15, -0.1) is 0 Å². The van der Waals surface area contributed by atoms with E-state index in [0.29, 0.717) is 5.82 Å². The van der Waals surface area contributed by atoms with Crippen LogP contribution in [-0.4, -0.2) is 9.97 Å². The first kappa shape index (κ1) is 34.8. The molecule has 0 N–H and O–H groups in total. The molecule has 0 atom stereocenters. The second-order valence-corrected chi connectivity index (χ2v) is 16.2. The van der Waals surface area contributed by atoms with Crippen LogP contribution >= 0.6 is 0 Å². The largest absolute Gasteiger partial charge is 0.228 e. The normalized spacial score (nSPS) is 12.7. The van der Waals surface area contributed by atoms with Crippen molar-refractivity contribution >= 4 is 21.5 Å². The van der Waals surface area contributed by atoms with Gasteiger partial charge in [-0.3, -0.25) is 0 Å². The maximum Gasteiger partial charge on any atom is 0.160 e. The van der Waals surface area contributed by atoms with Crippen LogP contribution in [0.2, 0.25) is 0 Å². The lowest BCUT2D eigenvalue weighted by atomic mass is 9.78. The Morgan fingerprint density at radius 2 is 0.898 bits per heavy atom. The summed E-state index contributed by atoms with van der Waals surface area (Å²) in [5, 5.41) is 4.72. The van der Waals surface area contributed by atoms with Crippen molar-refractivity contribution in [2.45, 2.75) is 19.3 Å². The summed E-state index contributed by atoms with van der Waals surface area (Å²) >= 11 is 0. The smallest absolute Gasteiger partial charge is 0.160 e. The van der Waals surface area contributed by atoms with E-state index in [1.54, 1.807) is 0 Å². The Morgan fingerprint density at radius 3 is 1.69 bits per heavy atom. The van der Waals surface area contributed by atoms with E-state index < -0.39 is 0 Å². The van der Waals surface area contributed by atoms with Crippen LogP contribution in [0.5, 0.6) is 0 Å². The number of hydrogen-bond acceptors (Lipinski definition) is 2. The van der Waals surface area contributed by atoms with Crippen LogP contribution in [0.15, 0.2) is 206 Å². The molecule has 2 nitrogen and oxygen atoms in total. The third-order valence-corrected chi connectivity index (χ3v) is 12.2. The molecule has 10 aromatic rings. The molecule has 1 heterocycles. The molecule has 59 heavy (non-hydrogen) atoms. The van der Waals surface area contributed by atoms with Gasteiger partial charge in [0.15, 0.2) is 5.82 Å². The Kier molecular flexibility index (Phi) is 8.20. The summed E-state index contributed by atoms with van der Waals surface area (Å²) in [5.41, 5.74) is 17.5. The zero-order chi connectivity index (χ0) is 39.5. The van der Waals surface area contributed by atoms with Gasteiger partial charge in [-0.2, -0.15) is 0 Å². The number of fused-ring (bicyclic) bond motifs is 5. The molecular formula is C57H40N2. The van der Waals surface area contributed by atoms with Crippen molar-refractivity contribution in [2.75, 3.05) is 0 Å². The molecule has 278 valence electrons. The van der Waals surface area contributed by atoms with E-state index in [1.807, 2.05) is 18.2 Å². The minimum atomic E-state index is -0.137. The van der Waals surface area contributed by atoms with E-state index in [-0.39, 0.29) is 5.41 Å².